The van der Waals surface area contributed by atoms with Crippen molar-refractivity contribution in [3.63, 3.8) is 0 Å². The second-order valence-electron chi connectivity index (χ2n) is 4.21. The van der Waals surface area contributed by atoms with E-state index in [1.165, 1.54) is 6.07 Å². The first-order valence-electron chi connectivity index (χ1n) is 5.75. The molecule has 1 aromatic heterocycles. The summed E-state index contributed by atoms with van der Waals surface area (Å²) in [5.74, 6) is 3.58. The van der Waals surface area contributed by atoms with Crippen LogP contribution in [0.3, 0.4) is 0 Å². The van der Waals surface area contributed by atoms with Crippen LogP contribution in [0.4, 0.5) is 30.5 Å². The van der Waals surface area contributed by atoms with Gasteiger partial charge in [-0.1, -0.05) is 17.7 Å². The van der Waals surface area contributed by atoms with Crippen molar-refractivity contribution in [3.05, 3.63) is 40.7 Å². The maximum Gasteiger partial charge on any atom is 0.451 e. The summed E-state index contributed by atoms with van der Waals surface area (Å²) in [5.41, 5.74) is 3.40. The Hall–Kier alpha value is -2.06. The molecule has 4 N–H and O–H groups in total. The first-order valence-corrected chi connectivity index (χ1v) is 6.13. The Morgan fingerprint density at radius 2 is 1.81 bits per heavy atom. The van der Waals surface area contributed by atoms with Crippen LogP contribution in [0.1, 0.15) is 11.4 Å². The average Bonchev–Trinajstić information content (AvgIpc) is 2.41. The van der Waals surface area contributed by atoms with E-state index < -0.39 is 12.0 Å². The van der Waals surface area contributed by atoms with E-state index >= 15 is 0 Å². The number of halogens is 4. The smallest absolute Gasteiger partial charge is 0.339 e. The molecule has 0 radical (unpaired) electrons. The van der Waals surface area contributed by atoms with Crippen LogP contribution in [0.15, 0.2) is 24.3 Å². The Morgan fingerprint density at radius 3 is 2.43 bits per heavy atom. The third kappa shape index (κ3) is 3.73. The lowest BCUT2D eigenvalue weighted by Gasteiger charge is -2.12. The lowest BCUT2D eigenvalue weighted by molar-refractivity contribution is -0.144. The van der Waals surface area contributed by atoms with Gasteiger partial charge in [-0.05, 0) is 24.6 Å². The number of alkyl halides is 3. The number of aromatic nitrogens is 2. The van der Waals surface area contributed by atoms with E-state index in [1.54, 1.807) is 18.2 Å². The zero-order valence-corrected chi connectivity index (χ0v) is 11.5. The third-order valence-corrected chi connectivity index (χ3v) is 2.84. The number of hydrogen-bond donors (Lipinski definition) is 3. The fourth-order valence-electron chi connectivity index (χ4n) is 1.58. The quantitative estimate of drug-likeness (QED) is 0.597. The van der Waals surface area contributed by atoms with Crippen LogP contribution in [0, 0.1) is 6.92 Å². The molecule has 9 heteroatoms. The highest BCUT2D eigenvalue weighted by atomic mass is 35.5. The van der Waals surface area contributed by atoms with Gasteiger partial charge in [0, 0.05) is 6.07 Å². The Balaban J connectivity index is 2.42. The van der Waals surface area contributed by atoms with E-state index in [9.17, 15) is 13.2 Å². The van der Waals surface area contributed by atoms with Crippen molar-refractivity contribution >= 4 is 28.9 Å². The molecule has 0 aliphatic carbocycles. The highest BCUT2D eigenvalue weighted by molar-refractivity contribution is 6.33. The zero-order chi connectivity index (χ0) is 15.6. The molecule has 0 spiro atoms. The molecular formula is C12H11ClF3N5. The van der Waals surface area contributed by atoms with Crippen LogP contribution >= 0.6 is 11.6 Å². The third-order valence-electron chi connectivity index (χ3n) is 2.51. The monoisotopic (exact) mass is 317 g/mol. The molecule has 0 atom stereocenters. The van der Waals surface area contributed by atoms with E-state index in [1.807, 2.05) is 6.92 Å². The van der Waals surface area contributed by atoms with Gasteiger partial charge in [0.1, 0.15) is 11.6 Å². The number of hydrazine groups is 1. The number of nitrogens with zero attached hydrogens (tertiary/aromatic N) is 2. The maximum absolute atomic E-state index is 12.7. The van der Waals surface area contributed by atoms with Gasteiger partial charge in [-0.2, -0.15) is 13.2 Å². The van der Waals surface area contributed by atoms with Gasteiger partial charge in [-0.3, -0.25) is 0 Å². The summed E-state index contributed by atoms with van der Waals surface area (Å²) in [6, 6.07) is 6.34. The van der Waals surface area contributed by atoms with E-state index in [2.05, 4.69) is 20.7 Å². The molecule has 0 aliphatic rings. The average molecular weight is 318 g/mol. The molecule has 1 aromatic carbocycles. The zero-order valence-electron chi connectivity index (χ0n) is 10.8. The molecular weight excluding hydrogens is 307 g/mol. The van der Waals surface area contributed by atoms with Crippen molar-refractivity contribution in [1.82, 2.24) is 9.97 Å². The van der Waals surface area contributed by atoms with E-state index in [4.69, 9.17) is 17.4 Å². The predicted octanol–water partition coefficient (Wildman–Crippen LogP) is 3.49. The Bertz CT molecular complexity index is 660. The highest BCUT2D eigenvalue weighted by Crippen LogP contribution is 2.30. The number of hydrogen-bond acceptors (Lipinski definition) is 5. The standard InChI is InChI=1S/C12H11ClF3N5/c1-6-2-3-7(13)8(4-6)18-9-5-10(21-17)20-11(19-9)12(14,15)16/h2-5H,17H2,1H3,(H2,18,19,20,21). The van der Waals surface area contributed by atoms with Crippen LogP contribution in [0.2, 0.25) is 5.02 Å². The predicted molar refractivity (Wildman–Crippen MR) is 74.3 cm³/mol. The van der Waals surface area contributed by atoms with Crippen molar-refractivity contribution in [2.24, 2.45) is 5.84 Å². The van der Waals surface area contributed by atoms with Crippen LogP contribution in [0.5, 0.6) is 0 Å². The van der Waals surface area contributed by atoms with Crippen molar-refractivity contribution in [3.8, 4) is 0 Å². The Labute approximate surface area is 123 Å². The summed E-state index contributed by atoms with van der Waals surface area (Å²) in [5, 5.41) is 3.08. The van der Waals surface area contributed by atoms with Crippen molar-refractivity contribution in [1.29, 1.82) is 0 Å². The Morgan fingerprint density at radius 1 is 1.14 bits per heavy atom. The summed E-state index contributed by atoms with van der Waals surface area (Å²) in [6.45, 7) is 1.83. The largest absolute Gasteiger partial charge is 0.451 e. The van der Waals surface area contributed by atoms with Crippen LogP contribution < -0.4 is 16.6 Å². The van der Waals surface area contributed by atoms with E-state index in [0.29, 0.717) is 10.7 Å². The van der Waals surface area contributed by atoms with Crippen molar-refractivity contribution < 1.29 is 13.2 Å². The molecule has 2 aromatic rings. The summed E-state index contributed by atoms with van der Waals surface area (Å²) in [7, 11) is 0. The fraction of sp³-hybridized carbons (Fsp3) is 0.167. The molecule has 0 fully saturated rings. The van der Waals surface area contributed by atoms with E-state index in [-0.39, 0.29) is 11.6 Å². The number of anilines is 3. The molecule has 5 nitrogen and oxygen atoms in total. The summed E-state index contributed by atoms with van der Waals surface area (Å²) >= 11 is 5.98. The normalized spacial score (nSPS) is 11.3. The molecule has 2 rings (SSSR count). The lowest BCUT2D eigenvalue weighted by atomic mass is 10.2. The molecule has 21 heavy (non-hydrogen) atoms. The first-order chi connectivity index (χ1) is 9.79. The SMILES string of the molecule is Cc1ccc(Cl)c(Nc2cc(NN)nc(C(F)(F)F)n2)c1. The molecule has 0 bridgehead atoms. The van der Waals surface area contributed by atoms with Gasteiger partial charge >= 0.3 is 6.18 Å². The molecule has 0 saturated carbocycles. The van der Waals surface area contributed by atoms with Gasteiger partial charge in [0.2, 0.25) is 5.82 Å². The fourth-order valence-corrected chi connectivity index (χ4v) is 1.75. The second kappa shape index (κ2) is 5.74. The number of nitrogens with one attached hydrogen (secondary N) is 2. The van der Waals surface area contributed by atoms with Gasteiger partial charge in [0.05, 0.1) is 10.7 Å². The summed E-state index contributed by atoms with van der Waals surface area (Å²) in [6.07, 6.45) is -4.68. The van der Waals surface area contributed by atoms with E-state index in [0.717, 1.165) is 5.56 Å². The first kappa shape index (κ1) is 15.3. The van der Waals surface area contributed by atoms with Crippen LogP contribution in [-0.2, 0) is 6.18 Å². The van der Waals surface area contributed by atoms with Crippen LogP contribution in [0.25, 0.3) is 0 Å². The lowest BCUT2D eigenvalue weighted by Crippen LogP contribution is -2.16. The van der Waals surface area contributed by atoms with Gasteiger partial charge < -0.3 is 10.7 Å². The summed E-state index contributed by atoms with van der Waals surface area (Å²) in [4.78, 5) is 6.68. The van der Waals surface area contributed by atoms with Gasteiger partial charge in [0.15, 0.2) is 0 Å². The summed E-state index contributed by atoms with van der Waals surface area (Å²) < 4.78 is 38.2. The molecule has 0 unspecified atom stereocenters. The molecule has 0 saturated heterocycles. The van der Waals surface area contributed by atoms with Gasteiger partial charge in [0.25, 0.3) is 0 Å². The van der Waals surface area contributed by atoms with Gasteiger partial charge in [-0.25, -0.2) is 15.8 Å². The number of aryl methyl sites for hydroxylation is 1. The van der Waals surface area contributed by atoms with Crippen molar-refractivity contribution in [2.45, 2.75) is 13.1 Å². The molecule has 1 heterocycles. The number of rotatable bonds is 3. The Kier molecular flexibility index (Phi) is 4.19. The minimum atomic E-state index is -4.68. The topological polar surface area (TPSA) is 75.9 Å². The van der Waals surface area contributed by atoms with Crippen LogP contribution in [-0.4, -0.2) is 9.97 Å². The molecule has 0 amide bonds. The number of benzene rings is 1. The molecule has 0 aliphatic heterocycles. The minimum Gasteiger partial charge on any atom is -0.339 e. The maximum atomic E-state index is 12.7. The highest BCUT2D eigenvalue weighted by Gasteiger charge is 2.35. The van der Waals surface area contributed by atoms with Crippen molar-refractivity contribution in [2.75, 3.05) is 10.7 Å². The van der Waals surface area contributed by atoms with Gasteiger partial charge in [-0.15, -0.1) is 0 Å². The molecule has 112 valence electrons. The number of nitrogen functional groups attached to an aromatic ring is 1. The minimum absolute atomic E-state index is 0.0715. The second-order valence-corrected chi connectivity index (χ2v) is 4.62. The number of nitrogens with two attached hydrogens (primary N) is 1.